The monoisotopic (exact) mass is 230 g/mol. The summed E-state index contributed by atoms with van der Waals surface area (Å²) < 4.78 is 5.46. The van der Waals surface area contributed by atoms with Crippen LogP contribution in [0.3, 0.4) is 0 Å². The van der Waals surface area contributed by atoms with Gasteiger partial charge in [0.25, 0.3) is 0 Å². The number of pyridine rings is 1. The molecule has 16 heavy (non-hydrogen) atoms. The summed E-state index contributed by atoms with van der Waals surface area (Å²) in [7, 11) is 0. The minimum atomic E-state index is 0.387. The number of hydrogen-bond acceptors (Lipinski definition) is 3. The Labute approximate surface area is 97.9 Å². The van der Waals surface area contributed by atoms with Crippen LogP contribution in [0, 0.1) is 11.3 Å². The average Bonchev–Trinajstić information content (AvgIpc) is 2.33. The molecule has 0 saturated carbocycles. The molecule has 0 radical (unpaired) electrons. The molecule has 78 valence electrons. The van der Waals surface area contributed by atoms with Gasteiger partial charge in [-0.25, -0.2) is 4.98 Å². The lowest BCUT2D eigenvalue weighted by Crippen LogP contribution is -1.89. The molecule has 0 aliphatic rings. The van der Waals surface area contributed by atoms with E-state index in [1.165, 1.54) is 0 Å². The van der Waals surface area contributed by atoms with Gasteiger partial charge < -0.3 is 4.74 Å². The first kappa shape index (κ1) is 10.5. The van der Waals surface area contributed by atoms with Crippen LogP contribution in [0.15, 0.2) is 42.6 Å². The Morgan fingerprint density at radius 1 is 1.25 bits per heavy atom. The highest BCUT2D eigenvalue weighted by atomic mass is 35.5. The van der Waals surface area contributed by atoms with E-state index in [0.29, 0.717) is 22.2 Å². The summed E-state index contributed by atoms with van der Waals surface area (Å²) in [6.07, 6.45) is 1.62. The van der Waals surface area contributed by atoms with Gasteiger partial charge >= 0.3 is 0 Å². The summed E-state index contributed by atoms with van der Waals surface area (Å²) in [5, 5.41) is 9.42. The largest absolute Gasteiger partial charge is 0.438 e. The molecule has 2 rings (SSSR count). The fraction of sp³-hybridized carbons (Fsp3) is 0. The zero-order valence-corrected chi connectivity index (χ0v) is 8.98. The molecule has 0 spiro atoms. The molecule has 2 aromatic rings. The number of hydrogen-bond donors (Lipinski definition) is 0. The Hall–Kier alpha value is -2.05. The van der Waals surface area contributed by atoms with E-state index in [0.717, 1.165) is 0 Å². The molecule has 1 heterocycles. The molecule has 0 unspecified atom stereocenters. The molecule has 0 aliphatic heterocycles. The van der Waals surface area contributed by atoms with Crippen molar-refractivity contribution in [3.05, 3.63) is 53.2 Å². The highest BCUT2D eigenvalue weighted by molar-refractivity contribution is 6.30. The van der Waals surface area contributed by atoms with Crippen LogP contribution in [0.5, 0.6) is 11.6 Å². The van der Waals surface area contributed by atoms with Gasteiger partial charge in [0.05, 0.1) is 5.56 Å². The number of aromatic nitrogens is 1. The SMILES string of the molecule is N#Cc1cc(Cl)ccc1Oc1ccccn1. The number of ether oxygens (including phenoxy) is 1. The third-order valence-electron chi connectivity index (χ3n) is 1.91. The molecular weight excluding hydrogens is 224 g/mol. The van der Waals surface area contributed by atoms with Gasteiger partial charge in [0, 0.05) is 17.3 Å². The minimum Gasteiger partial charge on any atom is -0.438 e. The quantitative estimate of drug-likeness (QED) is 0.794. The Morgan fingerprint density at radius 2 is 2.12 bits per heavy atom. The van der Waals surface area contributed by atoms with E-state index < -0.39 is 0 Å². The molecule has 0 aliphatic carbocycles. The Bertz CT molecular complexity index is 534. The van der Waals surface area contributed by atoms with Crippen LogP contribution >= 0.6 is 11.6 Å². The van der Waals surface area contributed by atoms with Crippen LogP contribution in [-0.4, -0.2) is 4.98 Å². The van der Waals surface area contributed by atoms with E-state index in [9.17, 15) is 0 Å². The number of nitriles is 1. The molecule has 3 nitrogen and oxygen atoms in total. The van der Waals surface area contributed by atoms with E-state index in [1.807, 2.05) is 12.1 Å². The Balaban J connectivity index is 2.32. The molecule has 0 N–H and O–H groups in total. The normalized spacial score (nSPS) is 9.50. The maximum absolute atomic E-state index is 8.91. The van der Waals surface area contributed by atoms with Gasteiger partial charge in [0.15, 0.2) is 0 Å². The van der Waals surface area contributed by atoms with E-state index in [4.69, 9.17) is 21.6 Å². The summed E-state index contributed by atoms with van der Waals surface area (Å²) in [4.78, 5) is 4.01. The second-order valence-electron chi connectivity index (χ2n) is 3.02. The van der Waals surface area contributed by atoms with Gasteiger partial charge in [-0.05, 0) is 24.3 Å². The van der Waals surface area contributed by atoms with Crippen molar-refractivity contribution in [3.63, 3.8) is 0 Å². The van der Waals surface area contributed by atoms with Crippen molar-refractivity contribution < 1.29 is 4.74 Å². The lowest BCUT2D eigenvalue weighted by Gasteiger charge is -2.05. The van der Waals surface area contributed by atoms with Crippen LogP contribution in [0.1, 0.15) is 5.56 Å². The van der Waals surface area contributed by atoms with Crippen molar-refractivity contribution in [2.24, 2.45) is 0 Å². The number of benzene rings is 1. The van der Waals surface area contributed by atoms with Gasteiger partial charge in [-0.15, -0.1) is 0 Å². The maximum Gasteiger partial charge on any atom is 0.219 e. The number of nitrogens with zero attached hydrogens (tertiary/aromatic N) is 2. The van der Waals surface area contributed by atoms with Crippen molar-refractivity contribution in [3.8, 4) is 17.7 Å². The van der Waals surface area contributed by atoms with Gasteiger partial charge in [0.1, 0.15) is 11.8 Å². The molecule has 1 aromatic carbocycles. The second kappa shape index (κ2) is 4.65. The smallest absolute Gasteiger partial charge is 0.219 e. The van der Waals surface area contributed by atoms with Gasteiger partial charge in [0.2, 0.25) is 5.88 Å². The van der Waals surface area contributed by atoms with E-state index >= 15 is 0 Å². The first-order chi connectivity index (χ1) is 7.79. The average molecular weight is 231 g/mol. The lowest BCUT2D eigenvalue weighted by atomic mass is 10.2. The predicted molar refractivity (Wildman–Crippen MR) is 60.5 cm³/mol. The molecule has 4 heteroatoms. The third-order valence-corrected chi connectivity index (χ3v) is 2.15. The maximum atomic E-state index is 8.91. The van der Waals surface area contributed by atoms with Crippen molar-refractivity contribution >= 4 is 11.6 Å². The Morgan fingerprint density at radius 3 is 2.81 bits per heavy atom. The van der Waals surface area contributed by atoms with Crippen LogP contribution in [0.25, 0.3) is 0 Å². The highest BCUT2D eigenvalue weighted by Gasteiger charge is 2.05. The highest BCUT2D eigenvalue weighted by Crippen LogP contribution is 2.25. The number of rotatable bonds is 2. The Kier molecular flexibility index (Phi) is 3.04. The zero-order chi connectivity index (χ0) is 11.4. The van der Waals surface area contributed by atoms with Crippen LogP contribution in [0.4, 0.5) is 0 Å². The van der Waals surface area contributed by atoms with E-state index in [2.05, 4.69) is 4.98 Å². The topological polar surface area (TPSA) is 45.9 Å². The standard InChI is InChI=1S/C12H7ClN2O/c13-10-4-5-11(9(7-10)8-14)16-12-3-1-2-6-15-12/h1-7H. The summed E-state index contributed by atoms with van der Waals surface area (Å²) in [5.74, 6) is 0.895. The zero-order valence-electron chi connectivity index (χ0n) is 8.22. The fourth-order valence-corrected chi connectivity index (χ4v) is 1.37. The first-order valence-electron chi connectivity index (χ1n) is 4.58. The second-order valence-corrected chi connectivity index (χ2v) is 3.46. The van der Waals surface area contributed by atoms with E-state index in [-0.39, 0.29) is 0 Å². The fourth-order valence-electron chi connectivity index (χ4n) is 1.20. The van der Waals surface area contributed by atoms with Crippen molar-refractivity contribution in [2.75, 3.05) is 0 Å². The first-order valence-corrected chi connectivity index (χ1v) is 4.96. The van der Waals surface area contributed by atoms with Crippen LogP contribution in [0.2, 0.25) is 5.02 Å². The summed E-state index contributed by atoms with van der Waals surface area (Å²) in [5.41, 5.74) is 0.387. The minimum absolute atomic E-state index is 0.387. The molecule has 0 amide bonds. The molecule has 1 aromatic heterocycles. The van der Waals surface area contributed by atoms with Crippen molar-refractivity contribution in [1.82, 2.24) is 4.98 Å². The van der Waals surface area contributed by atoms with Crippen molar-refractivity contribution in [2.45, 2.75) is 0 Å². The van der Waals surface area contributed by atoms with Crippen LogP contribution < -0.4 is 4.74 Å². The third kappa shape index (κ3) is 2.30. The van der Waals surface area contributed by atoms with Gasteiger partial charge in [-0.3, -0.25) is 0 Å². The summed E-state index contributed by atoms with van der Waals surface area (Å²) in [6, 6.07) is 12.2. The molecular formula is C12H7ClN2O. The number of halogens is 1. The predicted octanol–water partition coefficient (Wildman–Crippen LogP) is 3.40. The molecule has 0 atom stereocenters. The van der Waals surface area contributed by atoms with E-state index in [1.54, 1.807) is 36.5 Å². The summed E-state index contributed by atoms with van der Waals surface area (Å²) >= 11 is 5.78. The molecule has 0 bridgehead atoms. The van der Waals surface area contributed by atoms with Crippen LogP contribution in [-0.2, 0) is 0 Å². The summed E-state index contributed by atoms with van der Waals surface area (Å²) in [6.45, 7) is 0. The van der Waals surface area contributed by atoms with Gasteiger partial charge in [-0.1, -0.05) is 17.7 Å². The molecule has 0 saturated heterocycles. The molecule has 0 fully saturated rings. The van der Waals surface area contributed by atoms with Gasteiger partial charge in [-0.2, -0.15) is 5.26 Å². The van der Waals surface area contributed by atoms with Crippen molar-refractivity contribution in [1.29, 1.82) is 5.26 Å². The lowest BCUT2D eigenvalue weighted by molar-refractivity contribution is 0.461.